The van der Waals surface area contributed by atoms with E-state index in [0.29, 0.717) is 0 Å². The maximum absolute atomic E-state index is 12.0. The molecule has 0 fully saturated rings. The quantitative estimate of drug-likeness (QED) is 0.764. The summed E-state index contributed by atoms with van der Waals surface area (Å²) in [6.07, 6.45) is -4.74. The lowest BCUT2D eigenvalue weighted by Crippen LogP contribution is -2.19. The van der Waals surface area contributed by atoms with Crippen molar-refractivity contribution in [1.82, 2.24) is 0 Å². The van der Waals surface area contributed by atoms with Crippen LogP contribution in [0.2, 0.25) is 5.02 Å². The van der Waals surface area contributed by atoms with Crippen molar-refractivity contribution in [2.24, 2.45) is 0 Å². The van der Waals surface area contributed by atoms with Crippen molar-refractivity contribution in [1.29, 1.82) is 0 Å². The Morgan fingerprint density at radius 3 is 2.56 bits per heavy atom. The summed E-state index contributed by atoms with van der Waals surface area (Å²) in [5.74, 6) is -0.981. The molecule has 0 N–H and O–H groups in total. The molecule has 0 spiro atoms. The summed E-state index contributed by atoms with van der Waals surface area (Å²) in [7, 11) is 0. The fourth-order valence-corrected chi connectivity index (χ4v) is 1.30. The van der Waals surface area contributed by atoms with E-state index in [1.165, 1.54) is 6.07 Å². The van der Waals surface area contributed by atoms with E-state index in [2.05, 4.69) is 4.74 Å². The predicted octanol–water partition coefficient (Wildman–Crippen LogP) is 3.83. The van der Waals surface area contributed by atoms with E-state index in [4.69, 9.17) is 11.6 Å². The largest absolute Gasteiger partial charge is 0.573 e. The molecule has 2 nitrogen and oxygen atoms in total. The van der Waals surface area contributed by atoms with Crippen molar-refractivity contribution in [3.8, 4) is 5.75 Å². The fourth-order valence-electron chi connectivity index (χ4n) is 1.12. The summed E-state index contributed by atoms with van der Waals surface area (Å²) in [4.78, 5) is 11.4. The van der Waals surface area contributed by atoms with Crippen LogP contribution in [0.1, 0.15) is 23.7 Å². The normalized spacial score (nSPS) is 11.3. The second kappa shape index (κ2) is 4.74. The SMILES string of the molecule is CCC(=O)c1cc(Cl)ccc1OC(F)(F)F. The van der Waals surface area contributed by atoms with Crippen molar-refractivity contribution in [3.63, 3.8) is 0 Å². The predicted molar refractivity (Wildman–Crippen MR) is 52.8 cm³/mol. The van der Waals surface area contributed by atoms with Crippen LogP contribution in [0.5, 0.6) is 5.75 Å². The molecule has 0 saturated carbocycles. The van der Waals surface area contributed by atoms with E-state index in [0.717, 1.165) is 12.1 Å². The highest BCUT2D eigenvalue weighted by Crippen LogP contribution is 2.29. The van der Waals surface area contributed by atoms with Crippen LogP contribution in [0.15, 0.2) is 18.2 Å². The molecular weight excluding hydrogens is 245 g/mol. The van der Waals surface area contributed by atoms with Gasteiger partial charge in [0.05, 0.1) is 5.56 Å². The van der Waals surface area contributed by atoms with Crippen LogP contribution in [0.3, 0.4) is 0 Å². The van der Waals surface area contributed by atoms with Crippen molar-refractivity contribution < 1.29 is 22.7 Å². The number of carbonyl (C=O) groups excluding carboxylic acids is 1. The molecule has 0 aliphatic rings. The summed E-state index contributed by atoms with van der Waals surface area (Å²) >= 11 is 5.60. The molecule has 0 atom stereocenters. The second-order valence-electron chi connectivity index (χ2n) is 2.97. The standard InChI is InChI=1S/C10H8ClF3O2/c1-2-8(15)7-5-6(11)3-4-9(7)16-10(12,13)14/h3-5H,2H2,1H3. The van der Waals surface area contributed by atoms with E-state index in [-0.39, 0.29) is 17.0 Å². The third-order valence-electron chi connectivity index (χ3n) is 1.79. The van der Waals surface area contributed by atoms with Gasteiger partial charge in [0.15, 0.2) is 5.78 Å². The zero-order valence-corrected chi connectivity index (χ0v) is 9.02. The number of ether oxygens (including phenoxy) is 1. The lowest BCUT2D eigenvalue weighted by atomic mass is 10.1. The monoisotopic (exact) mass is 252 g/mol. The van der Waals surface area contributed by atoms with Crippen molar-refractivity contribution in [2.75, 3.05) is 0 Å². The van der Waals surface area contributed by atoms with Gasteiger partial charge in [-0.1, -0.05) is 18.5 Å². The highest BCUT2D eigenvalue weighted by Gasteiger charge is 2.32. The Hall–Kier alpha value is -1.23. The van der Waals surface area contributed by atoms with Crippen LogP contribution in [-0.2, 0) is 0 Å². The van der Waals surface area contributed by atoms with Crippen LogP contribution >= 0.6 is 11.6 Å². The number of halogens is 4. The van der Waals surface area contributed by atoms with Crippen LogP contribution < -0.4 is 4.74 Å². The van der Waals surface area contributed by atoms with Crippen LogP contribution in [0.4, 0.5) is 13.2 Å². The fraction of sp³-hybridized carbons (Fsp3) is 0.300. The minimum absolute atomic E-state index is 0.0779. The third-order valence-corrected chi connectivity index (χ3v) is 2.02. The Kier molecular flexibility index (Phi) is 3.80. The molecule has 1 aromatic carbocycles. The van der Waals surface area contributed by atoms with Gasteiger partial charge in [0.1, 0.15) is 5.75 Å². The van der Waals surface area contributed by atoms with Gasteiger partial charge in [-0.05, 0) is 18.2 Å². The summed E-state index contributed by atoms with van der Waals surface area (Å²) in [5, 5.41) is 0.186. The van der Waals surface area contributed by atoms with Crippen LogP contribution in [0.25, 0.3) is 0 Å². The number of ketones is 1. The lowest BCUT2D eigenvalue weighted by Gasteiger charge is -2.12. The van der Waals surface area contributed by atoms with Crippen molar-refractivity contribution in [3.05, 3.63) is 28.8 Å². The molecule has 0 amide bonds. The summed E-state index contributed by atoms with van der Waals surface area (Å²) in [6.45, 7) is 1.54. The van der Waals surface area contributed by atoms with Gasteiger partial charge in [-0.15, -0.1) is 13.2 Å². The van der Waals surface area contributed by atoms with Gasteiger partial charge >= 0.3 is 6.36 Å². The first-order chi connectivity index (χ1) is 7.33. The Morgan fingerprint density at radius 1 is 1.44 bits per heavy atom. The van der Waals surface area contributed by atoms with Crippen LogP contribution in [-0.4, -0.2) is 12.1 Å². The van der Waals surface area contributed by atoms with Gasteiger partial charge in [0.25, 0.3) is 0 Å². The van der Waals surface area contributed by atoms with E-state index < -0.39 is 17.9 Å². The molecule has 0 radical (unpaired) electrons. The number of alkyl halides is 3. The van der Waals surface area contributed by atoms with Gasteiger partial charge in [0.2, 0.25) is 0 Å². The molecule has 88 valence electrons. The molecule has 0 heterocycles. The zero-order valence-electron chi connectivity index (χ0n) is 8.27. The number of hydrogen-bond donors (Lipinski definition) is 0. The molecule has 0 aliphatic heterocycles. The topological polar surface area (TPSA) is 26.3 Å². The maximum atomic E-state index is 12.0. The van der Waals surface area contributed by atoms with E-state index in [9.17, 15) is 18.0 Å². The highest BCUT2D eigenvalue weighted by molar-refractivity contribution is 6.31. The van der Waals surface area contributed by atoms with Crippen molar-refractivity contribution >= 4 is 17.4 Å². The zero-order chi connectivity index (χ0) is 12.3. The Labute approximate surface area is 95.0 Å². The van der Waals surface area contributed by atoms with Gasteiger partial charge in [-0.3, -0.25) is 4.79 Å². The molecule has 0 saturated heterocycles. The first-order valence-corrected chi connectivity index (χ1v) is 4.79. The average molecular weight is 253 g/mol. The average Bonchev–Trinajstić information content (AvgIpc) is 2.17. The molecule has 1 aromatic rings. The van der Waals surface area contributed by atoms with Crippen molar-refractivity contribution in [2.45, 2.75) is 19.7 Å². The first kappa shape index (κ1) is 12.8. The van der Waals surface area contributed by atoms with Gasteiger partial charge in [-0.25, -0.2) is 0 Å². The first-order valence-electron chi connectivity index (χ1n) is 4.42. The number of Topliss-reactive ketones (excluding diaryl/α,β-unsaturated/α-hetero) is 1. The van der Waals surface area contributed by atoms with E-state index >= 15 is 0 Å². The minimum Gasteiger partial charge on any atom is -0.405 e. The van der Waals surface area contributed by atoms with Gasteiger partial charge in [-0.2, -0.15) is 0 Å². The van der Waals surface area contributed by atoms with Crippen LogP contribution in [0, 0.1) is 0 Å². The number of rotatable bonds is 3. The third kappa shape index (κ3) is 3.41. The van der Waals surface area contributed by atoms with E-state index in [1.54, 1.807) is 6.92 Å². The highest BCUT2D eigenvalue weighted by atomic mass is 35.5. The molecule has 16 heavy (non-hydrogen) atoms. The molecular formula is C10H8ClF3O2. The molecule has 0 aromatic heterocycles. The second-order valence-corrected chi connectivity index (χ2v) is 3.40. The molecule has 0 unspecified atom stereocenters. The maximum Gasteiger partial charge on any atom is 0.573 e. The number of carbonyl (C=O) groups is 1. The van der Waals surface area contributed by atoms with Gasteiger partial charge < -0.3 is 4.74 Å². The van der Waals surface area contributed by atoms with E-state index in [1.807, 2.05) is 0 Å². The summed E-state index contributed by atoms with van der Waals surface area (Å²) in [6, 6.07) is 3.42. The Balaban J connectivity index is 3.13. The number of benzene rings is 1. The smallest absolute Gasteiger partial charge is 0.405 e. The molecule has 6 heteroatoms. The molecule has 0 bridgehead atoms. The summed E-state index contributed by atoms with van der Waals surface area (Å²) < 4.78 is 39.8. The summed E-state index contributed by atoms with van der Waals surface area (Å²) in [5.41, 5.74) is -0.160. The minimum atomic E-state index is -4.82. The Morgan fingerprint density at radius 2 is 2.06 bits per heavy atom. The molecule has 1 rings (SSSR count). The Bertz CT molecular complexity index is 402. The lowest BCUT2D eigenvalue weighted by molar-refractivity contribution is -0.274. The van der Waals surface area contributed by atoms with Gasteiger partial charge in [0, 0.05) is 11.4 Å². The number of hydrogen-bond acceptors (Lipinski definition) is 2. The molecule has 0 aliphatic carbocycles.